The van der Waals surface area contributed by atoms with E-state index in [1.807, 2.05) is 13.0 Å². The Labute approximate surface area is 165 Å². The zero-order chi connectivity index (χ0) is 19.7. The third kappa shape index (κ3) is 3.66. The molecule has 1 aromatic carbocycles. The first-order valence-corrected chi connectivity index (χ1v) is 9.14. The lowest BCUT2D eigenvalue weighted by molar-refractivity contribution is 0.0467. The Morgan fingerprint density at radius 2 is 2.07 bits per heavy atom. The first-order chi connectivity index (χ1) is 13.5. The SMILES string of the molecule is Cc1ccn2c(=O)cc(COC(=O)c3cc(Cl)c4c(c3)OCCCO4)nc2c1. The van der Waals surface area contributed by atoms with Crippen LogP contribution in [0.25, 0.3) is 5.65 Å². The minimum atomic E-state index is -0.594. The Morgan fingerprint density at radius 3 is 2.93 bits per heavy atom. The zero-order valence-electron chi connectivity index (χ0n) is 15.1. The maximum absolute atomic E-state index is 12.5. The van der Waals surface area contributed by atoms with Gasteiger partial charge >= 0.3 is 5.97 Å². The highest BCUT2D eigenvalue weighted by Gasteiger charge is 2.19. The molecule has 0 unspecified atom stereocenters. The number of hydrogen-bond donors (Lipinski definition) is 0. The molecule has 2 aromatic heterocycles. The zero-order valence-corrected chi connectivity index (χ0v) is 15.9. The van der Waals surface area contributed by atoms with E-state index in [2.05, 4.69) is 4.98 Å². The van der Waals surface area contributed by atoms with Crippen LogP contribution in [-0.2, 0) is 11.3 Å². The summed E-state index contributed by atoms with van der Waals surface area (Å²) in [6.45, 7) is 2.75. The largest absolute Gasteiger partial charge is 0.489 e. The van der Waals surface area contributed by atoms with Gasteiger partial charge in [0.2, 0.25) is 0 Å². The van der Waals surface area contributed by atoms with Crippen LogP contribution in [0.15, 0.2) is 41.3 Å². The Kier molecular flexibility index (Phi) is 4.92. The molecule has 28 heavy (non-hydrogen) atoms. The maximum Gasteiger partial charge on any atom is 0.338 e. The van der Waals surface area contributed by atoms with Gasteiger partial charge in [0.1, 0.15) is 12.3 Å². The number of carbonyl (C=O) groups excluding carboxylic acids is 1. The van der Waals surface area contributed by atoms with Gasteiger partial charge in [0, 0.05) is 18.7 Å². The van der Waals surface area contributed by atoms with Crippen LogP contribution in [0.5, 0.6) is 11.5 Å². The summed E-state index contributed by atoms with van der Waals surface area (Å²) in [5.74, 6) is 0.244. The van der Waals surface area contributed by atoms with Crippen molar-refractivity contribution in [2.24, 2.45) is 0 Å². The summed E-state index contributed by atoms with van der Waals surface area (Å²) in [6, 6.07) is 7.97. The van der Waals surface area contributed by atoms with Crippen molar-refractivity contribution in [3.63, 3.8) is 0 Å². The lowest BCUT2D eigenvalue weighted by Gasteiger charge is -2.11. The summed E-state index contributed by atoms with van der Waals surface area (Å²) >= 11 is 6.21. The van der Waals surface area contributed by atoms with Crippen LogP contribution >= 0.6 is 11.6 Å². The quantitative estimate of drug-likeness (QED) is 0.628. The third-order valence-corrected chi connectivity index (χ3v) is 4.55. The van der Waals surface area contributed by atoms with Crippen molar-refractivity contribution < 1.29 is 19.0 Å². The summed E-state index contributed by atoms with van der Waals surface area (Å²) < 4.78 is 17.9. The molecule has 0 fully saturated rings. The molecule has 144 valence electrons. The van der Waals surface area contributed by atoms with E-state index in [1.54, 1.807) is 18.3 Å². The Morgan fingerprint density at radius 1 is 1.25 bits per heavy atom. The van der Waals surface area contributed by atoms with Gasteiger partial charge in [0.25, 0.3) is 5.56 Å². The Balaban J connectivity index is 1.55. The lowest BCUT2D eigenvalue weighted by atomic mass is 10.2. The monoisotopic (exact) mass is 400 g/mol. The molecule has 0 atom stereocenters. The molecule has 0 N–H and O–H groups in total. The second-order valence-corrected chi connectivity index (χ2v) is 6.84. The van der Waals surface area contributed by atoms with Crippen molar-refractivity contribution in [3.05, 3.63) is 68.7 Å². The molecule has 0 aliphatic carbocycles. The molecule has 1 aliphatic heterocycles. The number of aryl methyl sites for hydroxylation is 1. The second kappa shape index (κ2) is 7.52. The van der Waals surface area contributed by atoms with Crippen LogP contribution in [0.2, 0.25) is 5.02 Å². The predicted octanol–water partition coefficient (Wildman–Crippen LogP) is 3.17. The number of pyridine rings is 1. The van der Waals surface area contributed by atoms with Gasteiger partial charge in [0.05, 0.1) is 29.5 Å². The van der Waals surface area contributed by atoms with Gasteiger partial charge in [-0.25, -0.2) is 9.78 Å². The van der Waals surface area contributed by atoms with Gasteiger partial charge in [-0.15, -0.1) is 0 Å². The summed E-state index contributed by atoms with van der Waals surface area (Å²) in [4.78, 5) is 29.0. The first kappa shape index (κ1) is 18.3. The maximum atomic E-state index is 12.5. The molecule has 7 nitrogen and oxygen atoms in total. The molecule has 0 radical (unpaired) electrons. The van der Waals surface area contributed by atoms with Crippen LogP contribution in [-0.4, -0.2) is 28.6 Å². The fourth-order valence-electron chi connectivity index (χ4n) is 2.90. The fraction of sp³-hybridized carbons (Fsp3) is 0.250. The molecule has 0 spiro atoms. The molecule has 4 rings (SSSR count). The minimum Gasteiger partial charge on any atom is -0.489 e. The minimum absolute atomic E-state index is 0.134. The standard InChI is InChI=1S/C20H17ClN2O5/c1-12-3-4-23-17(7-12)22-14(10-18(23)24)11-28-20(25)13-8-15(21)19-16(9-13)26-5-2-6-27-19/h3-4,7-10H,2,5-6,11H2,1H3. The summed E-state index contributed by atoms with van der Waals surface area (Å²) in [5, 5.41) is 0.281. The molecular formula is C20H17ClN2O5. The molecule has 3 heterocycles. The van der Waals surface area contributed by atoms with Gasteiger partial charge in [-0.05, 0) is 36.8 Å². The van der Waals surface area contributed by atoms with Gasteiger partial charge in [-0.1, -0.05) is 11.6 Å². The van der Waals surface area contributed by atoms with Gasteiger partial charge in [0.15, 0.2) is 11.5 Å². The summed E-state index contributed by atoms with van der Waals surface area (Å²) in [6.07, 6.45) is 2.39. The number of halogens is 1. The van der Waals surface area contributed by atoms with E-state index in [-0.39, 0.29) is 22.8 Å². The highest BCUT2D eigenvalue weighted by atomic mass is 35.5. The van der Waals surface area contributed by atoms with E-state index in [0.29, 0.717) is 36.1 Å². The number of aromatic nitrogens is 2. The van der Waals surface area contributed by atoms with Gasteiger partial charge in [-0.3, -0.25) is 9.20 Å². The number of carbonyl (C=O) groups is 1. The van der Waals surface area contributed by atoms with Crippen molar-refractivity contribution in [2.75, 3.05) is 13.2 Å². The molecule has 0 saturated carbocycles. The van der Waals surface area contributed by atoms with Crippen molar-refractivity contribution in [1.29, 1.82) is 0 Å². The number of hydrogen-bond acceptors (Lipinski definition) is 6. The topological polar surface area (TPSA) is 79.1 Å². The number of nitrogens with zero attached hydrogens (tertiary/aromatic N) is 2. The average Bonchev–Trinajstić information content (AvgIpc) is 2.91. The molecule has 0 saturated heterocycles. The van der Waals surface area contributed by atoms with Gasteiger partial charge < -0.3 is 14.2 Å². The summed E-state index contributed by atoms with van der Waals surface area (Å²) in [5.41, 5.74) is 1.83. The van der Waals surface area contributed by atoms with E-state index >= 15 is 0 Å². The van der Waals surface area contributed by atoms with Crippen molar-refractivity contribution in [2.45, 2.75) is 20.0 Å². The highest BCUT2D eigenvalue weighted by molar-refractivity contribution is 6.32. The van der Waals surface area contributed by atoms with Crippen LogP contribution in [0, 0.1) is 6.92 Å². The molecule has 1 aliphatic rings. The Hall–Kier alpha value is -3.06. The average molecular weight is 401 g/mol. The number of fused-ring (bicyclic) bond motifs is 2. The number of esters is 1. The highest BCUT2D eigenvalue weighted by Crippen LogP contribution is 2.38. The van der Waals surface area contributed by atoms with E-state index in [0.717, 1.165) is 12.0 Å². The third-order valence-electron chi connectivity index (χ3n) is 4.26. The molecular weight excluding hydrogens is 384 g/mol. The smallest absolute Gasteiger partial charge is 0.338 e. The van der Waals surface area contributed by atoms with Crippen molar-refractivity contribution in [1.82, 2.24) is 9.38 Å². The number of ether oxygens (including phenoxy) is 3. The number of rotatable bonds is 3. The van der Waals surface area contributed by atoms with Crippen molar-refractivity contribution >= 4 is 23.2 Å². The Bertz CT molecular complexity index is 1130. The normalized spacial score (nSPS) is 13.2. The van der Waals surface area contributed by atoms with Crippen LogP contribution in [0.4, 0.5) is 0 Å². The molecule has 8 heteroatoms. The molecule has 0 amide bonds. The lowest BCUT2D eigenvalue weighted by Crippen LogP contribution is -2.16. The van der Waals surface area contributed by atoms with Crippen LogP contribution in [0.3, 0.4) is 0 Å². The predicted molar refractivity (Wildman–Crippen MR) is 102 cm³/mol. The second-order valence-electron chi connectivity index (χ2n) is 6.43. The van der Waals surface area contributed by atoms with Crippen LogP contribution in [0.1, 0.15) is 28.0 Å². The van der Waals surface area contributed by atoms with Crippen molar-refractivity contribution in [3.8, 4) is 11.5 Å². The molecule has 3 aromatic rings. The summed E-state index contributed by atoms with van der Waals surface area (Å²) in [7, 11) is 0. The van der Waals surface area contributed by atoms with E-state index < -0.39 is 5.97 Å². The fourth-order valence-corrected chi connectivity index (χ4v) is 3.16. The van der Waals surface area contributed by atoms with E-state index in [9.17, 15) is 9.59 Å². The first-order valence-electron chi connectivity index (χ1n) is 8.76. The van der Waals surface area contributed by atoms with E-state index in [1.165, 1.54) is 16.5 Å². The van der Waals surface area contributed by atoms with E-state index in [4.69, 9.17) is 25.8 Å². The number of benzene rings is 1. The molecule has 0 bridgehead atoms. The van der Waals surface area contributed by atoms with Gasteiger partial charge in [-0.2, -0.15) is 0 Å². The van der Waals surface area contributed by atoms with Crippen LogP contribution < -0.4 is 15.0 Å².